The predicted molar refractivity (Wildman–Crippen MR) is 80.6 cm³/mol. The molecule has 1 heterocycles. The highest BCUT2D eigenvalue weighted by molar-refractivity contribution is 9.10. The largest absolute Gasteiger partial charge is 0.495 e. The summed E-state index contributed by atoms with van der Waals surface area (Å²) in [5.41, 5.74) is 0. The number of methoxy groups -OCH3 is 1. The lowest BCUT2D eigenvalue weighted by atomic mass is 10.2. The molecule has 0 amide bonds. The number of benzene rings is 1. The molecule has 1 aliphatic heterocycles. The summed E-state index contributed by atoms with van der Waals surface area (Å²) in [6, 6.07) is 6.79. The van der Waals surface area contributed by atoms with Gasteiger partial charge in [-0.05, 0) is 32.0 Å². The Morgan fingerprint density at radius 2 is 1.78 bits per heavy atom. The second-order valence-electron chi connectivity index (χ2n) is 4.40. The van der Waals surface area contributed by atoms with Crippen LogP contribution in [0.1, 0.15) is 13.8 Å². The zero-order chi connectivity index (χ0) is 13.5. The van der Waals surface area contributed by atoms with E-state index in [9.17, 15) is 0 Å². The van der Waals surface area contributed by atoms with Crippen LogP contribution in [0, 0.1) is 0 Å². The number of rotatable bonds is 1. The maximum absolute atomic E-state index is 5.75. The van der Waals surface area contributed by atoms with E-state index in [-0.39, 0.29) is 0 Å². The van der Waals surface area contributed by atoms with Crippen LogP contribution >= 0.6 is 27.5 Å². The Bertz CT molecular complexity index is 358. The zero-order valence-corrected chi connectivity index (χ0v) is 13.3. The normalized spacial score (nSPS) is 22.9. The van der Waals surface area contributed by atoms with Crippen LogP contribution in [0.2, 0.25) is 5.02 Å². The molecule has 1 aromatic rings. The smallest absolute Gasteiger partial charge is 0.138 e. The first-order chi connectivity index (χ1) is 8.52. The van der Waals surface area contributed by atoms with Gasteiger partial charge in [0.25, 0.3) is 0 Å². The lowest BCUT2D eigenvalue weighted by molar-refractivity contribution is 0.376. The number of ether oxygens (including phenoxy) is 1. The van der Waals surface area contributed by atoms with Crippen LogP contribution in [0.15, 0.2) is 22.7 Å². The van der Waals surface area contributed by atoms with Gasteiger partial charge in [0.1, 0.15) is 5.75 Å². The van der Waals surface area contributed by atoms with Crippen molar-refractivity contribution in [2.24, 2.45) is 0 Å². The van der Waals surface area contributed by atoms with E-state index < -0.39 is 0 Å². The Balaban J connectivity index is 0.000000184. The van der Waals surface area contributed by atoms with Crippen LogP contribution < -0.4 is 15.4 Å². The molecule has 0 spiro atoms. The molecule has 0 aromatic heterocycles. The third-order valence-corrected chi connectivity index (χ3v) is 3.46. The number of hydrogen-bond acceptors (Lipinski definition) is 3. The molecule has 2 unspecified atom stereocenters. The van der Waals surface area contributed by atoms with E-state index >= 15 is 0 Å². The van der Waals surface area contributed by atoms with Crippen LogP contribution in [0.5, 0.6) is 5.75 Å². The SMILES string of the molecule is CC1CNC(C)CN1.COc1cc(Br)ccc1Cl. The fourth-order valence-corrected chi connectivity index (χ4v) is 2.07. The van der Waals surface area contributed by atoms with Crippen molar-refractivity contribution in [3.8, 4) is 5.75 Å². The minimum absolute atomic E-state index is 0.630. The average molecular weight is 336 g/mol. The lowest BCUT2D eigenvalue weighted by Gasteiger charge is -2.26. The fraction of sp³-hybridized carbons (Fsp3) is 0.538. The molecule has 2 N–H and O–H groups in total. The van der Waals surface area contributed by atoms with E-state index in [1.54, 1.807) is 13.2 Å². The van der Waals surface area contributed by atoms with Crippen LogP contribution in [0.3, 0.4) is 0 Å². The van der Waals surface area contributed by atoms with Gasteiger partial charge in [0.15, 0.2) is 0 Å². The maximum Gasteiger partial charge on any atom is 0.138 e. The molecule has 0 saturated carbocycles. The van der Waals surface area contributed by atoms with Crippen LogP contribution in [0.25, 0.3) is 0 Å². The Morgan fingerprint density at radius 3 is 2.17 bits per heavy atom. The number of piperazine rings is 1. The molecule has 5 heteroatoms. The first-order valence-corrected chi connectivity index (χ1v) is 7.15. The topological polar surface area (TPSA) is 33.3 Å². The molecule has 1 aromatic carbocycles. The molecule has 1 aliphatic rings. The van der Waals surface area contributed by atoms with Gasteiger partial charge >= 0.3 is 0 Å². The van der Waals surface area contributed by atoms with Crippen molar-refractivity contribution < 1.29 is 4.74 Å². The van der Waals surface area contributed by atoms with Crippen LogP contribution in [0.4, 0.5) is 0 Å². The molecular formula is C13H20BrClN2O. The molecular weight excluding hydrogens is 316 g/mol. The van der Waals surface area contributed by atoms with Gasteiger partial charge < -0.3 is 15.4 Å². The van der Waals surface area contributed by atoms with Gasteiger partial charge in [0.2, 0.25) is 0 Å². The van der Waals surface area contributed by atoms with Gasteiger partial charge in [-0.2, -0.15) is 0 Å². The van der Waals surface area contributed by atoms with E-state index in [0.29, 0.717) is 22.9 Å². The molecule has 0 bridgehead atoms. The standard InChI is InChI=1S/C7H6BrClO.C6H14N2/c1-10-7-4-5(8)2-3-6(7)9;1-5-3-8-6(2)4-7-5/h2-4H,1H3;5-8H,3-4H2,1-2H3. The van der Waals surface area contributed by atoms with Crippen LogP contribution in [-0.4, -0.2) is 32.3 Å². The summed E-state index contributed by atoms with van der Waals surface area (Å²) in [6.07, 6.45) is 0. The predicted octanol–water partition coefficient (Wildman–Crippen LogP) is 3.07. The quantitative estimate of drug-likeness (QED) is 0.827. The number of halogens is 2. The maximum atomic E-state index is 5.75. The summed E-state index contributed by atoms with van der Waals surface area (Å²) in [5.74, 6) is 0.691. The van der Waals surface area contributed by atoms with Crippen molar-refractivity contribution in [1.29, 1.82) is 0 Å². The summed E-state index contributed by atoms with van der Waals surface area (Å²) in [7, 11) is 1.59. The highest BCUT2D eigenvalue weighted by Crippen LogP contribution is 2.27. The van der Waals surface area contributed by atoms with E-state index in [1.165, 1.54) is 0 Å². The lowest BCUT2D eigenvalue weighted by Crippen LogP contribution is -2.51. The Labute approximate surface area is 122 Å². The number of hydrogen-bond donors (Lipinski definition) is 2. The van der Waals surface area contributed by atoms with Gasteiger partial charge in [-0.15, -0.1) is 0 Å². The van der Waals surface area contributed by atoms with Gasteiger partial charge in [-0.3, -0.25) is 0 Å². The molecule has 3 nitrogen and oxygen atoms in total. The number of nitrogens with one attached hydrogen (secondary N) is 2. The molecule has 1 fully saturated rings. The van der Waals surface area contributed by atoms with Gasteiger partial charge in [0, 0.05) is 29.6 Å². The summed E-state index contributed by atoms with van der Waals surface area (Å²) >= 11 is 9.05. The summed E-state index contributed by atoms with van der Waals surface area (Å²) in [5, 5.41) is 7.37. The molecule has 0 radical (unpaired) electrons. The molecule has 2 atom stereocenters. The van der Waals surface area contributed by atoms with E-state index in [1.807, 2.05) is 12.1 Å². The third-order valence-electron chi connectivity index (χ3n) is 2.66. The molecule has 2 rings (SSSR count). The summed E-state index contributed by atoms with van der Waals surface area (Å²) in [6.45, 7) is 6.61. The molecule has 0 aliphatic carbocycles. The summed E-state index contributed by atoms with van der Waals surface area (Å²) < 4.78 is 5.93. The first-order valence-electron chi connectivity index (χ1n) is 5.98. The Kier molecular flexibility index (Phi) is 7.00. The van der Waals surface area contributed by atoms with E-state index in [4.69, 9.17) is 16.3 Å². The highest BCUT2D eigenvalue weighted by atomic mass is 79.9. The highest BCUT2D eigenvalue weighted by Gasteiger charge is 2.10. The van der Waals surface area contributed by atoms with Crippen molar-refractivity contribution in [2.75, 3.05) is 20.2 Å². The second kappa shape index (κ2) is 8.00. The average Bonchev–Trinajstić information content (AvgIpc) is 2.37. The molecule has 18 heavy (non-hydrogen) atoms. The van der Waals surface area contributed by atoms with Crippen molar-refractivity contribution in [3.63, 3.8) is 0 Å². The van der Waals surface area contributed by atoms with E-state index in [0.717, 1.165) is 17.6 Å². The van der Waals surface area contributed by atoms with Gasteiger partial charge in [-0.25, -0.2) is 0 Å². The monoisotopic (exact) mass is 334 g/mol. The minimum atomic E-state index is 0.630. The van der Waals surface area contributed by atoms with Gasteiger partial charge in [-0.1, -0.05) is 27.5 Å². The first kappa shape index (κ1) is 15.8. The Hall–Kier alpha value is -0.290. The van der Waals surface area contributed by atoms with Crippen molar-refractivity contribution in [1.82, 2.24) is 10.6 Å². The van der Waals surface area contributed by atoms with E-state index in [2.05, 4.69) is 40.4 Å². The van der Waals surface area contributed by atoms with Gasteiger partial charge in [0.05, 0.1) is 12.1 Å². The summed E-state index contributed by atoms with van der Waals surface area (Å²) in [4.78, 5) is 0. The zero-order valence-electron chi connectivity index (χ0n) is 11.0. The third kappa shape index (κ3) is 5.57. The second-order valence-corrected chi connectivity index (χ2v) is 5.72. The van der Waals surface area contributed by atoms with Crippen LogP contribution in [-0.2, 0) is 0 Å². The molecule has 1 saturated heterocycles. The van der Waals surface area contributed by atoms with Crippen molar-refractivity contribution in [2.45, 2.75) is 25.9 Å². The van der Waals surface area contributed by atoms with Crippen molar-refractivity contribution in [3.05, 3.63) is 27.7 Å². The minimum Gasteiger partial charge on any atom is -0.495 e. The van der Waals surface area contributed by atoms with Crippen molar-refractivity contribution >= 4 is 27.5 Å². The molecule has 102 valence electrons. The Morgan fingerprint density at radius 1 is 1.22 bits per heavy atom. The fourth-order valence-electron chi connectivity index (χ4n) is 1.53.